The molecule has 0 unspecified atom stereocenters. The standard InChI is InChI=1S/C22H18ClFN2O/c23-17-9-5-15(6-10-17)14-26-20-4-2-1-3-19(20)25-22(26)13-21(27)16-7-11-18(24)12-8-16/h1-12,21,27H,13-14H2/t21-/m0/s1. The first-order valence-electron chi connectivity index (χ1n) is 8.72. The number of aliphatic hydroxyl groups is 1. The molecule has 1 N–H and O–H groups in total. The molecule has 0 fully saturated rings. The summed E-state index contributed by atoms with van der Waals surface area (Å²) in [6.07, 6.45) is -0.417. The van der Waals surface area contributed by atoms with Crippen LogP contribution in [0.5, 0.6) is 0 Å². The summed E-state index contributed by atoms with van der Waals surface area (Å²) in [6.45, 7) is 0.628. The van der Waals surface area contributed by atoms with Crippen LogP contribution < -0.4 is 0 Å². The highest BCUT2D eigenvalue weighted by Gasteiger charge is 2.16. The van der Waals surface area contributed by atoms with Gasteiger partial charge < -0.3 is 9.67 Å². The Labute approximate surface area is 161 Å². The highest BCUT2D eigenvalue weighted by atomic mass is 35.5. The van der Waals surface area contributed by atoms with Gasteiger partial charge in [0.15, 0.2) is 0 Å². The van der Waals surface area contributed by atoms with Gasteiger partial charge in [-0.2, -0.15) is 0 Å². The Balaban J connectivity index is 1.69. The van der Waals surface area contributed by atoms with Crippen LogP contribution in [-0.4, -0.2) is 14.7 Å². The third kappa shape index (κ3) is 3.87. The summed E-state index contributed by atoms with van der Waals surface area (Å²) in [5.74, 6) is 0.462. The summed E-state index contributed by atoms with van der Waals surface area (Å²) < 4.78 is 15.2. The molecule has 0 bridgehead atoms. The number of aromatic nitrogens is 2. The molecule has 0 spiro atoms. The van der Waals surface area contributed by atoms with Crippen molar-refractivity contribution in [1.82, 2.24) is 9.55 Å². The van der Waals surface area contributed by atoms with E-state index in [1.54, 1.807) is 12.1 Å². The van der Waals surface area contributed by atoms with Crippen molar-refractivity contribution in [2.24, 2.45) is 0 Å². The predicted molar refractivity (Wildman–Crippen MR) is 105 cm³/mol. The van der Waals surface area contributed by atoms with Gasteiger partial charge >= 0.3 is 0 Å². The minimum Gasteiger partial charge on any atom is -0.388 e. The predicted octanol–water partition coefficient (Wildman–Crippen LogP) is 5.15. The van der Waals surface area contributed by atoms with Gasteiger partial charge in [-0.3, -0.25) is 0 Å². The van der Waals surface area contributed by atoms with Gasteiger partial charge in [-0.15, -0.1) is 0 Å². The van der Waals surface area contributed by atoms with Crippen molar-refractivity contribution in [3.63, 3.8) is 0 Å². The Morgan fingerprint density at radius 2 is 1.67 bits per heavy atom. The lowest BCUT2D eigenvalue weighted by molar-refractivity contribution is 0.174. The maximum Gasteiger partial charge on any atom is 0.123 e. The van der Waals surface area contributed by atoms with Gasteiger partial charge in [0.2, 0.25) is 0 Å². The highest BCUT2D eigenvalue weighted by Crippen LogP contribution is 2.24. The van der Waals surface area contributed by atoms with E-state index >= 15 is 0 Å². The summed E-state index contributed by atoms with van der Waals surface area (Å²) in [5, 5.41) is 11.3. The Kier molecular flexibility index (Phi) is 4.92. The van der Waals surface area contributed by atoms with Crippen molar-refractivity contribution in [1.29, 1.82) is 0 Å². The van der Waals surface area contributed by atoms with Crippen molar-refractivity contribution in [2.75, 3.05) is 0 Å². The molecule has 3 nitrogen and oxygen atoms in total. The van der Waals surface area contributed by atoms with Crippen LogP contribution in [-0.2, 0) is 13.0 Å². The molecule has 4 aromatic rings. The minimum atomic E-state index is -0.758. The second-order valence-corrected chi connectivity index (χ2v) is 6.94. The molecular formula is C22H18ClFN2O. The Bertz CT molecular complexity index is 1060. The number of halogens is 2. The Hall–Kier alpha value is -2.69. The molecule has 0 aliphatic carbocycles. The zero-order valence-corrected chi connectivity index (χ0v) is 15.3. The number of hydrogen-bond donors (Lipinski definition) is 1. The van der Waals surface area contributed by atoms with Gasteiger partial charge in [0.1, 0.15) is 11.6 Å². The van der Waals surface area contributed by atoms with E-state index in [1.165, 1.54) is 12.1 Å². The van der Waals surface area contributed by atoms with Crippen molar-refractivity contribution < 1.29 is 9.50 Å². The molecule has 27 heavy (non-hydrogen) atoms. The Morgan fingerprint density at radius 1 is 0.963 bits per heavy atom. The summed E-state index contributed by atoms with van der Waals surface area (Å²) in [5.41, 5.74) is 3.66. The van der Waals surface area contributed by atoms with Crippen LogP contribution >= 0.6 is 11.6 Å². The third-order valence-electron chi connectivity index (χ3n) is 4.62. The smallest absolute Gasteiger partial charge is 0.123 e. The van der Waals surface area contributed by atoms with E-state index in [9.17, 15) is 9.50 Å². The molecule has 1 atom stereocenters. The summed E-state index contributed by atoms with van der Waals surface area (Å²) in [7, 11) is 0. The summed E-state index contributed by atoms with van der Waals surface area (Å²) in [6, 6.07) is 21.5. The van der Waals surface area contributed by atoms with Crippen LogP contribution in [0.2, 0.25) is 5.02 Å². The molecule has 0 amide bonds. The quantitative estimate of drug-likeness (QED) is 0.519. The van der Waals surface area contributed by atoms with Gasteiger partial charge in [-0.1, -0.05) is 48.0 Å². The average Bonchev–Trinajstić information content (AvgIpc) is 3.01. The first-order valence-corrected chi connectivity index (χ1v) is 9.10. The number of benzene rings is 3. The number of imidazole rings is 1. The molecule has 4 rings (SSSR count). The van der Waals surface area contributed by atoms with Crippen LogP contribution in [0, 0.1) is 5.82 Å². The van der Waals surface area contributed by atoms with Crippen LogP contribution in [0.3, 0.4) is 0 Å². The number of hydrogen-bond acceptors (Lipinski definition) is 2. The fraction of sp³-hybridized carbons (Fsp3) is 0.136. The van der Waals surface area contributed by atoms with Crippen LogP contribution in [0.25, 0.3) is 11.0 Å². The molecular weight excluding hydrogens is 363 g/mol. The second kappa shape index (κ2) is 7.51. The lowest BCUT2D eigenvalue weighted by Crippen LogP contribution is -2.10. The molecule has 3 aromatic carbocycles. The van der Waals surface area contributed by atoms with Gasteiger partial charge in [-0.05, 0) is 47.5 Å². The molecule has 1 aromatic heterocycles. The third-order valence-corrected chi connectivity index (χ3v) is 4.87. The van der Waals surface area contributed by atoms with E-state index in [4.69, 9.17) is 16.6 Å². The monoisotopic (exact) mass is 380 g/mol. The number of nitrogens with zero attached hydrogens (tertiary/aromatic N) is 2. The highest BCUT2D eigenvalue weighted by molar-refractivity contribution is 6.30. The van der Waals surface area contributed by atoms with Gasteiger partial charge in [0.05, 0.1) is 17.1 Å². The van der Waals surface area contributed by atoms with Crippen LogP contribution in [0.15, 0.2) is 72.8 Å². The van der Waals surface area contributed by atoms with Crippen molar-refractivity contribution >= 4 is 22.6 Å². The molecule has 0 aliphatic rings. The van der Waals surface area contributed by atoms with E-state index in [-0.39, 0.29) is 5.82 Å². The van der Waals surface area contributed by atoms with Crippen molar-refractivity contribution in [2.45, 2.75) is 19.1 Å². The molecule has 0 saturated carbocycles. The van der Waals surface area contributed by atoms with Gasteiger partial charge in [0.25, 0.3) is 0 Å². The van der Waals surface area contributed by atoms with E-state index in [0.717, 1.165) is 22.4 Å². The molecule has 0 radical (unpaired) electrons. The minimum absolute atomic E-state index is 0.319. The average molecular weight is 381 g/mol. The van der Waals surface area contributed by atoms with Crippen LogP contribution in [0.1, 0.15) is 23.1 Å². The number of fused-ring (bicyclic) bond motifs is 1. The van der Waals surface area contributed by atoms with E-state index in [0.29, 0.717) is 23.6 Å². The lowest BCUT2D eigenvalue weighted by atomic mass is 10.1. The number of rotatable bonds is 5. The van der Waals surface area contributed by atoms with E-state index in [2.05, 4.69) is 4.57 Å². The maximum atomic E-state index is 13.1. The fourth-order valence-corrected chi connectivity index (χ4v) is 3.33. The largest absolute Gasteiger partial charge is 0.388 e. The summed E-state index contributed by atoms with van der Waals surface area (Å²) >= 11 is 5.99. The van der Waals surface area contributed by atoms with E-state index < -0.39 is 6.10 Å². The SMILES string of the molecule is O[C@@H](Cc1nc2ccccc2n1Cc1ccc(Cl)cc1)c1ccc(F)cc1. The molecule has 1 heterocycles. The molecule has 0 aliphatic heterocycles. The first-order chi connectivity index (χ1) is 13.1. The molecule has 5 heteroatoms. The molecule has 0 saturated heterocycles. The maximum absolute atomic E-state index is 13.1. The zero-order valence-electron chi connectivity index (χ0n) is 14.5. The van der Waals surface area contributed by atoms with E-state index in [1.807, 2.05) is 48.5 Å². The molecule has 136 valence electrons. The summed E-state index contributed by atoms with van der Waals surface area (Å²) in [4.78, 5) is 4.71. The second-order valence-electron chi connectivity index (χ2n) is 6.50. The van der Waals surface area contributed by atoms with Gasteiger partial charge in [-0.25, -0.2) is 9.37 Å². The van der Waals surface area contributed by atoms with Crippen LogP contribution in [0.4, 0.5) is 4.39 Å². The normalized spacial score (nSPS) is 12.4. The zero-order chi connectivity index (χ0) is 18.8. The Morgan fingerprint density at radius 3 is 2.41 bits per heavy atom. The fourth-order valence-electron chi connectivity index (χ4n) is 3.21. The van der Waals surface area contributed by atoms with Crippen molar-refractivity contribution in [3.8, 4) is 0 Å². The topological polar surface area (TPSA) is 38.1 Å². The van der Waals surface area contributed by atoms with Gasteiger partial charge in [0, 0.05) is 18.0 Å². The lowest BCUT2D eigenvalue weighted by Gasteiger charge is -2.14. The number of aliphatic hydroxyl groups excluding tert-OH is 1. The van der Waals surface area contributed by atoms with Crippen molar-refractivity contribution in [3.05, 3.63) is 101 Å². The first kappa shape index (κ1) is 17.7. The number of para-hydroxylation sites is 2.